The molecule has 0 radical (unpaired) electrons. The summed E-state index contributed by atoms with van der Waals surface area (Å²) in [5.74, 6) is -0.703. The van der Waals surface area contributed by atoms with E-state index < -0.39 is 17.7 Å². The molecule has 142 valence electrons. The van der Waals surface area contributed by atoms with Crippen molar-refractivity contribution >= 4 is 46.5 Å². The van der Waals surface area contributed by atoms with Crippen LogP contribution in [0.15, 0.2) is 42.5 Å². The van der Waals surface area contributed by atoms with Gasteiger partial charge < -0.3 is 15.7 Å². The zero-order valence-corrected chi connectivity index (χ0v) is 16.3. The number of urea groups is 1. The third kappa shape index (κ3) is 3.36. The van der Waals surface area contributed by atoms with E-state index in [1.807, 2.05) is 13.8 Å². The Morgan fingerprint density at radius 3 is 2.63 bits per heavy atom. The highest BCUT2D eigenvalue weighted by atomic mass is 35.5. The molecule has 2 atom stereocenters. The number of halogens is 2. The van der Waals surface area contributed by atoms with E-state index in [0.29, 0.717) is 17.1 Å². The van der Waals surface area contributed by atoms with E-state index in [0.717, 1.165) is 4.90 Å². The summed E-state index contributed by atoms with van der Waals surface area (Å²) in [4.78, 5) is 26.9. The van der Waals surface area contributed by atoms with Gasteiger partial charge in [0.15, 0.2) is 0 Å². The third-order valence-corrected chi connectivity index (χ3v) is 5.28. The van der Waals surface area contributed by atoms with Gasteiger partial charge in [-0.3, -0.25) is 9.69 Å². The Hall–Kier alpha value is -2.28. The number of anilines is 2. The monoisotopic (exact) mass is 407 g/mol. The number of carbonyl (C=O) groups excluding carboxylic acids is 2. The molecule has 0 saturated heterocycles. The minimum absolute atomic E-state index is 0.186. The Labute approximate surface area is 167 Å². The topological polar surface area (TPSA) is 81.7 Å². The van der Waals surface area contributed by atoms with Crippen LogP contribution < -0.4 is 15.5 Å². The Kier molecular flexibility index (Phi) is 5.33. The summed E-state index contributed by atoms with van der Waals surface area (Å²) in [6.07, 6.45) is 0.669. The first kappa shape index (κ1) is 19.5. The lowest BCUT2D eigenvalue weighted by molar-refractivity contribution is -0.140. The van der Waals surface area contributed by atoms with E-state index in [-0.39, 0.29) is 22.3 Å². The zero-order chi connectivity index (χ0) is 19.8. The maximum atomic E-state index is 13.1. The molecule has 1 heterocycles. The number of hydrogen-bond donors (Lipinski definition) is 3. The van der Waals surface area contributed by atoms with Crippen LogP contribution in [0, 0.1) is 0 Å². The third-order valence-electron chi connectivity index (χ3n) is 4.54. The molecule has 2 aromatic rings. The SMILES string of the molecule is CC[C@H](C)NC(=O)[C@]1(O)c2ccccc2NC(=O)N1c1ccc(Cl)c(Cl)c1. The number of aliphatic hydroxyl groups is 1. The summed E-state index contributed by atoms with van der Waals surface area (Å²) in [7, 11) is 0. The van der Waals surface area contributed by atoms with E-state index in [1.165, 1.54) is 18.2 Å². The number of carbonyl (C=O) groups is 2. The standard InChI is InChI=1S/C19H19Cl2N3O3/c1-3-11(2)22-17(25)19(27)13-6-4-5-7-16(13)23-18(26)24(19)12-8-9-14(20)15(21)10-12/h4-11,27H,3H2,1-2H3,(H,22,25)(H,23,26)/t11-,19+/m0/s1. The van der Waals surface area contributed by atoms with Crippen LogP contribution in [0.25, 0.3) is 0 Å². The predicted octanol–water partition coefficient (Wildman–Crippen LogP) is 4.11. The molecule has 1 aliphatic rings. The number of hydrogen-bond acceptors (Lipinski definition) is 3. The number of nitrogens with zero attached hydrogens (tertiary/aromatic N) is 1. The maximum Gasteiger partial charge on any atom is 0.329 e. The van der Waals surface area contributed by atoms with Gasteiger partial charge >= 0.3 is 6.03 Å². The molecule has 0 aromatic heterocycles. The van der Waals surface area contributed by atoms with E-state index in [9.17, 15) is 14.7 Å². The summed E-state index contributed by atoms with van der Waals surface area (Å²) in [6, 6.07) is 10.2. The Morgan fingerprint density at radius 1 is 1.26 bits per heavy atom. The number of amides is 3. The van der Waals surface area contributed by atoms with Crippen LogP contribution in [-0.2, 0) is 10.5 Å². The van der Waals surface area contributed by atoms with Crippen molar-refractivity contribution in [3.63, 3.8) is 0 Å². The van der Waals surface area contributed by atoms with Crippen LogP contribution in [0.3, 0.4) is 0 Å². The Bertz CT molecular complexity index is 906. The van der Waals surface area contributed by atoms with Crippen molar-refractivity contribution in [1.82, 2.24) is 5.32 Å². The molecule has 0 unspecified atom stereocenters. The lowest BCUT2D eigenvalue weighted by atomic mass is 9.94. The fraction of sp³-hybridized carbons (Fsp3) is 0.263. The normalized spacial score (nSPS) is 19.9. The number of nitrogens with one attached hydrogen (secondary N) is 2. The van der Waals surface area contributed by atoms with Gasteiger partial charge in [-0.25, -0.2) is 4.79 Å². The number of rotatable bonds is 4. The second-order valence-electron chi connectivity index (χ2n) is 6.36. The van der Waals surface area contributed by atoms with Gasteiger partial charge in [0.1, 0.15) is 0 Å². The van der Waals surface area contributed by atoms with E-state index in [2.05, 4.69) is 10.6 Å². The Morgan fingerprint density at radius 2 is 1.96 bits per heavy atom. The molecule has 3 rings (SSSR count). The van der Waals surface area contributed by atoms with Gasteiger partial charge in [-0.05, 0) is 37.6 Å². The van der Waals surface area contributed by atoms with Crippen LogP contribution >= 0.6 is 23.2 Å². The molecular formula is C19H19Cl2N3O3. The van der Waals surface area contributed by atoms with Gasteiger partial charge in [0.2, 0.25) is 0 Å². The van der Waals surface area contributed by atoms with Gasteiger partial charge in [-0.2, -0.15) is 0 Å². The second kappa shape index (κ2) is 7.38. The summed E-state index contributed by atoms with van der Waals surface area (Å²) in [5, 5.41) is 17.5. The average molecular weight is 408 g/mol. The fourth-order valence-electron chi connectivity index (χ4n) is 2.91. The fourth-order valence-corrected chi connectivity index (χ4v) is 3.21. The van der Waals surface area contributed by atoms with Crippen LogP contribution in [-0.4, -0.2) is 23.1 Å². The molecule has 27 heavy (non-hydrogen) atoms. The number of benzene rings is 2. The molecule has 0 bridgehead atoms. The largest absolute Gasteiger partial charge is 0.359 e. The summed E-state index contributed by atoms with van der Waals surface area (Å²) >= 11 is 12.1. The first-order valence-electron chi connectivity index (χ1n) is 8.48. The van der Waals surface area contributed by atoms with Crippen LogP contribution in [0.5, 0.6) is 0 Å². The molecule has 3 N–H and O–H groups in total. The molecule has 3 amide bonds. The average Bonchev–Trinajstić information content (AvgIpc) is 2.64. The highest BCUT2D eigenvalue weighted by Gasteiger charge is 2.52. The summed E-state index contributed by atoms with van der Waals surface area (Å²) in [5.41, 5.74) is -1.39. The molecule has 1 aliphatic heterocycles. The minimum atomic E-state index is -2.25. The van der Waals surface area contributed by atoms with Crippen LogP contribution in [0.1, 0.15) is 25.8 Å². The van der Waals surface area contributed by atoms with Crippen LogP contribution in [0.2, 0.25) is 10.0 Å². The van der Waals surface area contributed by atoms with Gasteiger partial charge in [0.25, 0.3) is 11.6 Å². The molecule has 8 heteroatoms. The first-order chi connectivity index (χ1) is 12.8. The molecule has 0 aliphatic carbocycles. The number of fused-ring (bicyclic) bond motifs is 1. The smallest absolute Gasteiger partial charge is 0.329 e. The summed E-state index contributed by atoms with van der Waals surface area (Å²) < 4.78 is 0. The zero-order valence-electron chi connectivity index (χ0n) is 14.8. The molecule has 0 fully saturated rings. The molecule has 2 aromatic carbocycles. The molecule has 0 spiro atoms. The first-order valence-corrected chi connectivity index (χ1v) is 9.23. The van der Waals surface area contributed by atoms with Crippen molar-refractivity contribution < 1.29 is 14.7 Å². The van der Waals surface area contributed by atoms with Crippen molar-refractivity contribution in [3.05, 3.63) is 58.1 Å². The van der Waals surface area contributed by atoms with Gasteiger partial charge in [-0.1, -0.05) is 48.3 Å². The number of para-hydroxylation sites is 1. The van der Waals surface area contributed by atoms with Crippen molar-refractivity contribution in [2.75, 3.05) is 10.2 Å². The molecular weight excluding hydrogens is 389 g/mol. The lowest BCUT2D eigenvalue weighted by Gasteiger charge is -2.43. The lowest BCUT2D eigenvalue weighted by Crippen LogP contribution is -2.63. The van der Waals surface area contributed by atoms with Crippen molar-refractivity contribution in [2.24, 2.45) is 0 Å². The van der Waals surface area contributed by atoms with Gasteiger partial charge in [0, 0.05) is 11.6 Å². The van der Waals surface area contributed by atoms with Gasteiger partial charge in [-0.15, -0.1) is 0 Å². The predicted molar refractivity (Wildman–Crippen MR) is 106 cm³/mol. The van der Waals surface area contributed by atoms with Gasteiger partial charge in [0.05, 0.1) is 21.4 Å². The molecule has 6 nitrogen and oxygen atoms in total. The molecule has 0 saturated carbocycles. The second-order valence-corrected chi connectivity index (χ2v) is 7.18. The van der Waals surface area contributed by atoms with E-state index >= 15 is 0 Å². The summed E-state index contributed by atoms with van der Waals surface area (Å²) in [6.45, 7) is 3.73. The van der Waals surface area contributed by atoms with Crippen molar-refractivity contribution in [1.29, 1.82) is 0 Å². The van der Waals surface area contributed by atoms with Crippen molar-refractivity contribution in [2.45, 2.75) is 32.0 Å². The van der Waals surface area contributed by atoms with Crippen LogP contribution in [0.4, 0.5) is 16.2 Å². The highest BCUT2D eigenvalue weighted by molar-refractivity contribution is 6.42. The van der Waals surface area contributed by atoms with Crippen molar-refractivity contribution in [3.8, 4) is 0 Å². The quantitative estimate of drug-likeness (QED) is 0.713. The maximum absolute atomic E-state index is 13.1. The van der Waals surface area contributed by atoms with E-state index in [1.54, 1.807) is 24.3 Å². The highest BCUT2D eigenvalue weighted by Crippen LogP contribution is 2.41. The minimum Gasteiger partial charge on any atom is -0.359 e. The van der Waals surface area contributed by atoms with E-state index in [4.69, 9.17) is 23.2 Å². The Balaban J connectivity index is 2.18.